The van der Waals surface area contributed by atoms with E-state index >= 15 is 0 Å². The van der Waals surface area contributed by atoms with Gasteiger partial charge in [0.2, 0.25) is 0 Å². The lowest BCUT2D eigenvalue weighted by molar-refractivity contribution is -0.0376. The summed E-state index contributed by atoms with van der Waals surface area (Å²) in [6.45, 7) is 7.55. The standard InChI is InChI=1S/C13H20ClNO2/c1-13(2,3)17-8-7-16-9-10-11(14)5-4-6-12(10)15/h4-6H,7-9,15H2,1-3H3. The van der Waals surface area contributed by atoms with Crippen molar-refractivity contribution in [1.29, 1.82) is 0 Å². The Morgan fingerprint density at radius 3 is 2.53 bits per heavy atom. The molecule has 0 aromatic heterocycles. The van der Waals surface area contributed by atoms with E-state index in [9.17, 15) is 0 Å². The van der Waals surface area contributed by atoms with Gasteiger partial charge in [-0.25, -0.2) is 0 Å². The third-order valence-electron chi connectivity index (χ3n) is 2.16. The van der Waals surface area contributed by atoms with Gasteiger partial charge < -0.3 is 15.2 Å². The zero-order chi connectivity index (χ0) is 12.9. The van der Waals surface area contributed by atoms with E-state index in [0.717, 1.165) is 5.56 Å². The molecule has 0 saturated carbocycles. The minimum atomic E-state index is -0.132. The maximum atomic E-state index is 6.02. The maximum Gasteiger partial charge on any atom is 0.0752 e. The van der Waals surface area contributed by atoms with Gasteiger partial charge in [0.05, 0.1) is 25.4 Å². The molecule has 2 N–H and O–H groups in total. The molecular formula is C13H20ClNO2. The molecule has 0 unspecified atom stereocenters. The Morgan fingerprint density at radius 1 is 1.24 bits per heavy atom. The summed E-state index contributed by atoms with van der Waals surface area (Å²) < 4.78 is 11.0. The summed E-state index contributed by atoms with van der Waals surface area (Å²) in [4.78, 5) is 0. The van der Waals surface area contributed by atoms with E-state index in [1.165, 1.54) is 0 Å². The van der Waals surface area contributed by atoms with Gasteiger partial charge in [-0.05, 0) is 32.9 Å². The minimum Gasteiger partial charge on any atom is -0.398 e. The molecule has 0 radical (unpaired) electrons. The van der Waals surface area contributed by atoms with Crippen molar-refractivity contribution in [3.63, 3.8) is 0 Å². The molecule has 0 amide bonds. The van der Waals surface area contributed by atoms with Crippen LogP contribution in [0.15, 0.2) is 18.2 Å². The Kier molecular flexibility index (Phi) is 5.25. The molecule has 3 nitrogen and oxygen atoms in total. The lowest BCUT2D eigenvalue weighted by Crippen LogP contribution is -2.21. The van der Waals surface area contributed by atoms with Gasteiger partial charge >= 0.3 is 0 Å². The fourth-order valence-corrected chi connectivity index (χ4v) is 1.55. The molecule has 0 aliphatic rings. The predicted octanol–water partition coefficient (Wildman–Crippen LogP) is 3.25. The van der Waals surface area contributed by atoms with E-state index in [-0.39, 0.29) is 5.60 Å². The van der Waals surface area contributed by atoms with Crippen LogP contribution in [0.1, 0.15) is 26.3 Å². The molecule has 4 heteroatoms. The van der Waals surface area contributed by atoms with Crippen LogP contribution in [0.2, 0.25) is 5.02 Å². The van der Waals surface area contributed by atoms with Crippen molar-refractivity contribution in [2.45, 2.75) is 33.0 Å². The fourth-order valence-electron chi connectivity index (χ4n) is 1.31. The SMILES string of the molecule is CC(C)(C)OCCOCc1c(N)cccc1Cl. The highest BCUT2D eigenvalue weighted by atomic mass is 35.5. The van der Waals surface area contributed by atoms with E-state index in [4.69, 9.17) is 26.8 Å². The Labute approximate surface area is 108 Å². The van der Waals surface area contributed by atoms with Crippen molar-refractivity contribution >= 4 is 17.3 Å². The third kappa shape index (κ3) is 5.39. The van der Waals surface area contributed by atoms with Crippen molar-refractivity contribution in [2.75, 3.05) is 18.9 Å². The second-order valence-corrected chi connectivity index (χ2v) is 5.23. The molecule has 0 atom stereocenters. The van der Waals surface area contributed by atoms with Crippen LogP contribution in [0.4, 0.5) is 5.69 Å². The van der Waals surface area contributed by atoms with Crippen LogP contribution < -0.4 is 5.73 Å². The lowest BCUT2D eigenvalue weighted by Gasteiger charge is -2.19. The highest BCUT2D eigenvalue weighted by Gasteiger charge is 2.09. The zero-order valence-electron chi connectivity index (χ0n) is 10.6. The zero-order valence-corrected chi connectivity index (χ0v) is 11.4. The Balaban J connectivity index is 2.32. The van der Waals surface area contributed by atoms with Crippen LogP contribution in [0.3, 0.4) is 0 Å². The Bertz CT molecular complexity index is 341. The quantitative estimate of drug-likeness (QED) is 0.651. The third-order valence-corrected chi connectivity index (χ3v) is 2.52. The summed E-state index contributed by atoms with van der Waals surface area (Å²) in [6.07, 6.45) is 0. The van der Waals surface area contributed by atoms with Crippen molar-refractivity contribution in [2.24, 2.45) is 0 Å². The van der Waals surface area contributed by atoms with Gasteiger partial charge in [-0.1, -0.05) is 17.7 Å². The molecule has 0 heterocycles. The molecule has 17 heavy (non-hydrogen) atoms. The van der Waals surface area contributed by atoms with Crippen molar-refractivity contribution < 1.29 is 9.47 Å². The summed E-state index contributed by atoms with van der Waals surface area (Å²) in [7, 11) is 0. The molecule has 0 bridgehead atoms. The normalized spacial score (nSPS) is 11.8. The molecule has 1 rings (SSSR count). The fraction of sp³-hybridized carbons (Fsp3) is 0.538. The maximum absolute atomic E-state index is 6.02. The number of rotatable bonds is 5. The number of hydrogen-bond donors (Lipinski definition) is 1. The van der Waals surface area contributed by atoms with Gasteiger partial charge in [-0.15, -0.1) is 0 Å². The van der Waals surface area contributed by atoms with E-state index in [2.05, 4.69) is 0 Å². The first-order valence-electron chi connectivity index (χ1n) is 5.65. The average molecular weight is 258 g/mol. The molecule has 0 aliphatic carbocycles. The van der Waals surface area contributed by atoms with Gasteiger partial charge in [0, 0.05) is 16.3 Å². The molecule has 0 spiro atoms. The van der Waals surface area contributed by atoms with E-state index in [0.29, 0.717) is 30.5 Å². The number of ether oxygens (including phenoxy) is 2. The summed E-state index contributed by atoms with van der Waals surface area (Å²) in [6, 6.07) is 5.45. The van der Waals surface area contributed by atoms with Gasteiger partial charge in [0.15, 0.2) is 0 Å². The van der Waals surface area contributed by atoms with Gasteiger partial charge in [0.25, 0.3) is 0 Å². The van der Waals surface area contributed by atoms with E-state index in [1.54, 1.807) is 0 Å². The van der Waals surface area contributed by atoms with Crippen molar-refractivity contribution in [3.8, 4) is 0 Å². The van der Waals surface area contributed by atoms with Crippen LogP contribution in [-0.4, -0.2) is 18.8 Å². The molecule has 1 aromatic carbocycles. The Hall–Kier alpha value is -0.770. The van der Waals surface area contributed by atoms with E-state index in [1.807, 2.05) is 39.0 Å². The van der Waals surface area contributed by atoms with E-state index < -0.39 is 0 Å². The number of hydrogen-bond acceptors (Lipinski definition) is 3. The first-order valence-corrected chi connectivity index (χ1v) is 6.02. The monoisotopic (exact) mass is 257 g/mol. The number of nitrogen functional groups attached to an aromatic ring is 1. The topological polar surface area (TPSA) is 44.5 Å². The van der Waals surface area contributed by atoms with Crippen LogP contribution in [0.5, 0.6) is 0 Å². The second kappa shape index (κ2) is 6.24. The highest BCUT2D eigenvalue weighted by molar-refractivity contribution is 6.31. The summed E-state index contributed by atoms with van der Waals surface area (Å²) >= 11 is 6.02. The number of halogens is 1. The molecule has 0 fully saturated rings. The average Bonchev–Trinajstić information content (AvgIpc) is 2.20. The van der Waals surface area contributed by atoms with Gasteiger partial charge in [-0.3, -0.25) is 0 Å². The largest absolute Gasteiger partial charge is 0.398 e. The highest BCUT2D eigenvalue weighted by Crippen LogP contribution is 2.22. The predicted molar refractivity (Wildman–Crippen MR) is 71.2 cm³/mol. The first kappa shape index (κ1) is 14.3. The van der Waals surface area contributed by atoms with Crippen LogP contribution in [0, 0.1) is 0 Å². The minimum absolute atomic E-state index is 0.132. The number of anilines is 1. The summed E-state index contributed by atoms with van der Waals surface area (Å²) in [5.74, 6) is 0. The lowest BCUT2D eigenvalue weighted by atomic mass is 10.2. The molecule has 0 saturated heterocycles. The van der Waals surface area contributed by atoms with Crippen LogP contribution in [0.25, 0.3) is 0 Å². The summed E-state index contributed by atoms with van der Waals surface area (Å²) in [5, 5.41) is 0.640. The van der Waals surface area contributed by atoms with Crippen molar-refractivity contribution in [1.82, 2.24) is 0 Å². The van der Waals surface area contributed by atoms with Crippen molar-refractivity contribution in [3.05, 3.63) is 28.8 Å². The summed E-state index contributed by atoms with van der Waals surface area (Å²) in [5.41, 5.74) is 7.18. The van der Waals surface area contributed by atoms with Gasteiger partial charge in [0.1, 0.15) is 0 Å². The molecule has 1 aromatic rings. The number of nitrogens with two attached hydrogens (primary N) is 1. The smallest absolute Gasteiger partial charge is 0.0752 e. The van der Waals surface area contributed by atoms with Crippen LogP contribution in [-0.2, 0) is 16.1 Å². The van der Waals surface area contributed by atoms with Gasteiger partial charge in [-0.2, -0.15) is 0 Å². The molecular weight excluding hydrogens is 238 g/mol. The number of benzene rings is 1. The first-order chi connectivity index (χ1) is 7.90. The second-order valence-electron chi connectivity index (χ2n) is 4.82. The van der Waals surface area contributed by atoms with Crippen LogP contribution >= 0.6 is 11.6 Å². The molecule has 0 aliphatic heterocycles. The Morgan fingerprint density at radius 2 is 1.94 bits per heavy atom. The molecule has 96 valence electrons.